The van der Waals surface area contributed by atoms with Crippen molar-refractivity contribution in [3.05, 3.63) is 70.8 Å². The van der Waals surface area contributed by atoms with E-state index >= 15 is 0 Å². The molecule has 0 amide bonds. The summed E-state index contributed by atoms with van der Waals surface area (Å²) in [6.07, 6.45) is 1.15. The SMILES string of the molecule is O=C(c1ccccc1)c1cccc2c1CCC2(I)C(=O)O. The van der Waals surface area contributed by atoms with Crippen molar-refractivity contribution in [2.45, 2.75) is 16.3 Å². The van der Waals surface area contributed by atoms with Crippen LogP contribution in [0.5, 0.6) is 0 Å². The molecule has 21 heavy (non-hydrogen) atoms. The Morgan fingerprint density at radius 2 is 1.76 bits per heavy atom. The second kappa shape index (κ2) is 5.26. The molecule has 0 heterocycles. The summed E-state index contributed by atoms with van der Waals surface area (Å²) in [6, 6.07) is 14.5. The molecule has 2 aromatic rings. The van der Waals surface area contributed by atoms with Crippen LogP contribution in [0.15, 0.2) is 48.5 Å². The molecule has 1 N–H and O–H groups in total. The number of rotatable bonds is 3. The molecule has 1 atom stereocenters. The predicted octanol–water partition coefficient (Wildman–Crippen LogP) is 3.58. The second-order valence-corrected chi connectivity index (χ2v) is 6.97. The number of carboxylic acids is 1. The monoisotopic (exact) mass is 392 g/mol. The lowest BCUT2D eigenvalue weighted by molar-refractivity contribution is -0.139. The highest BCUT2D eigenvalue weighted by atomic mass is 127. The lowest BCUT2D eigenvalue weighted by Gasteiger charge is -2.17. The van der Waals surface area contributed by atoms with Gasteiger partial charge in [0.25, 0.3) is 0 Å². The fourth-order valence-corrected chi connectivity index (χ4v) is 3.61. The first kappa shape index (κ1) is 14.3. The number of carbonyl (C=O) groups excluding carboxylic acids is 1. The smallest absolute Gasteiger partial charge is 0.324 e. The van der Waals surface area contributed by atoms with Crippen LogP contribution < -0.4 is 0 Å². The van der Waals surface area contributed by atoms with E-state index in [4.69, 9.17) is 0 Å². The maximum atomic E-state index is 12.6. The fraction of sp³-hybridized carbons (Fsp3) is 0.176. The Labute approximate surface area is 136 Å². The van der Waals surface area contributed by atoms with Gasteiger partial charge in [-0.15, -0.1) is 0 Å². The summed E-state index contributed by atoms with van der Waals surface area (Å²) in [7, 11) is 0. The number of hydrogen-bond donors (Lipinski definition) is 1. The minimum Gasteiger partial charge on any atom is -0.480 e. The van der Waals surface area contributed by atoms with Gasteiger partial charge >= 0.3 is 5.97 Å². The molecule has 0 aromatic heterocycles. The Bertz CT molecular complexity index is 724. The van der Waals surface area contributed by atoms with E-state index in [-0.39, 0.29) is 5.78 Å². The number of halogens is 1. The summed E-state index contributed by atoms with van der Waals surface area (Å²) < 4.78 is -0.917. The van der Waals surface area contributed by atoms with E-state index in [1.165, 1.54) is 0 Å². The van der Waals surface area contributed by atoms with Crippen molar-refractivity contribution in [3.63, 3.8) is 0 Å². The topological polar surface area (TPSA) is 54.4 Å². The van der Waals surface area contributed by atoms with Gasteiger partial charge in [-0.1, -0.05) is 71.1 Å². The molecule has 2 aromatic carbocycles. The summed E-state index contributed by atoms with van der Waals surface area (Å²) in [5.41, 5.74) is 2.89. The lowest BCUT2D eigenvalue weighted by atomic mass is 9.94. The van der Waals surface area contributed by atoms with E-state index in [0.29, 0.717) is 24.0 Å². The van der Waals surface area contributed by atoms with Gasteiger partial charge in [0, 0.05) is 11.1 Å². The molecular weight excluding hydrogens is 379 g/mol. The largest absolute Gasteiger partial charge is 0.480 e. The van der Waals surface area contributed by atoms with Crippen molar-refractivity contribution in [2.24, 2.45) is 0 Å². The highest BCUT2D eigenvalue weighted by Crippen LogP contribution is 2.46. The van der Waals surface area contributed by atoms with Crippen LogP contribution in [-0.4, -0.2) is 16.9 Å². The van der Waals surface area contributed by atoms with E-state index < -0.39 is 9.39 Å². The summed E-state index contributed by atoms with van der Waals surface area (Å²) in [4.78, 5) is 24.2. The predicted molar refractivity (Wildman–Crippen MR) is 88.0 cm³/mol. The summed E-state index contributed by atoms with van der Waals surface area (Å²) in [5, 5.41) is 9.47. The number of ketones is 1. The average molecular weight is 392 g/mol. The molecule has 1 aliphatic rings. The van der Waals surface area contributed by atoms with Gasteiger partial charge in [0.05, 0.1) is 0 Å². The van der Waals surface area contributed by atoms with Crippen LogP contribution in [0.1, 0.15) is 33.5 Å². The minimum atomic E-state index is -0.917. The van der Waals surface area contributed by atoms with Gasteiger partial charge in [-0.2, -0.15) is 0 Å². The third-order valence-electron chi connectivity index (χ3n) is 3.94. The average Bonchev–Trinajstić information content (AvgIpc) is 2.86. The minimum absolute atomic E-state index is 0.0431. The summed E-state index contributed by atoms with van der Waals surface area (Å²) in [6.45, 7) is 0. The molecule has 0 radical (unpaired) electrons. The van der Waals surface area contributed by atoms with E-state index in [2.05, 4.69) is 0 Å². The highest BCUT2D eigenvalue weighted by Gasteiger charge is 2.44. The van der Waals surface area contributed by atoms with E-state index in [1.807, 2.05) is 46.9 Å². The van der Waals surface area contributed by atoms with Gasteiger partial charge in [-0.3, -0.25) is 9.59 Å². The van der Waals surface area contributed by atoms with Crippen LogP contribution in [0.4, 0.5) is 0 Å². The van der Waals surface area contributed by atoms with Gasteiger partial charge < -0.3 is 5.11 Å². The summed E-state index contributed by atoms with van der Waals surface area (Å²) in [5.74, 6) is -0.885. The standard InChI is InChI=1S/C17H13IO3/c18-17(16(20)21)10-9-12-13(7-4-8-14(12)17)15(19)11-5-2-1-3-6-11/h1-8H,9-10H2,(H,20,21). The van der Waals surface area contributed by atoms with Gasteiger partial charge in [0.1, 0.15) is 3.42 Å². The fourth-order valence-electron chi connectivity index (χ4n) is 2.84. The van der Waals surface area contributed by atoms with Crippen LogP contribution >= 0.6 is 22.6 Å². The van der Waals surface area contributed by atoms with Crippen LogP contribution in [0, 0.1) is 0 Å². The normalized spacial score (nSPS) is 20.0. The molecule has 3 nitrogen and oxygen atoms in total. The quantitative estimate of drug-likeness (QED) is 0.494. The molecular formula is C17H13IO3. The van der Waals surface area contributed by atoms with Crippen LogP contribution in [0.25, 0.3) is 0 Å². The zero-order chi connectivity index (χ0) is 15.0. The van der Waals surface area contributed by atoms with Gasteiger partial charge in [0.15, 0.2) is 5.78 Å². The molecule has 0 saturated heterocycles. The van der Waals surface area contributed by atoms with Gasteiger partial charge in [-0.05, 0) is 24.0 Å². The van der Waals surface area contributed by atoms with Crippen LogP contribution in [-0.2, 0) is 14.6 Å². The van der Waals surface area contributed by atoms with Gasteiger partial charge in [0.2, 0.25) is 0 Å². The Hall–Kier alpha value is -1.69. The summed E-state index contributed by atoms with van der Waals surface area (Å²) >= 11 is 1.99. The zero-order valence-electron chi connectivity index (χ0n) is 11.2. The van der Waals surface area contributed by atoms with Crippen molar-refractivity contribution in [1.82, 2.24) is 0 Å². The number of alkyl halides is 1. The Balaban J connectivity index is 2.10. The van der Waals surface area contributed by atoms with Crippen molar-refractivity contribution in [2.75, 3.05) is 0 Å². The van der Waals surface area contributed by atoms with Crippen molar-refractivity contribution in [1.29, 1.82) is 0 Å². The maximum Gasteiger partial charge on any atom is 0.324 e. The van der Waals surface area contributed by atoms with E-state index in [0.717, 1.165) is 11.1 Å². The Morgan fingerprint density at radius 1 is 1.05 bits per heavy atom. The lowest BCUT2D eigenvalue weighted by Crippen LogP contribution is -2.25. The maximum absolute atomic E-state index is 12.6. The van der Waals surface area contributed by atoms with E-state index in [9.17, 15) is 14.7 Å². The third kappa shape index (κ3) is 2.27. The Morgan fingerprint density at radius 3 is 2.43 bits per heavy atom. The van der Waals surface area contributed by atoms with Crippen molar-refractivity contribution in [3.8, 4) is 0 Å². The van der Waals surface area contributed by atoms with E-state index in [1.54, 1.807) is 24.3 Å². The highest BCUT2D eigenvalue weighted by molar-refractivity contribution is 14.1. The third-order valence-corrected chi connectivity index (χ3v) is 5.52. The molecule has 0 saturated carbocycles. The molecule has 3 rings (SSSR count). The number of benzene rings is 2. The number of aliphatic carboxylic acids is 1. The molecule has 0 fully saturated rings. The zero-order valence-corrected chi connectivity index (χ0v) is 13.3. The number of hydrogen-bond acceptors (Lipinski definition) is 2. The molecule has 0 spiro atoms. The number of fused-ring (bicyclic) bond motifs is 1. The molecule has 1 aliphatic carbocycles. The first-order chi connectivity index (χ1) is 10.0. The molecule has 106 valence electrons. The van der Waals surface area contributed by atoms with Crippen LogP contribution in [0.2, 0.25) is 0 Å². The molecule has 1 unspecified atom stereocenters. The Kier molecular flexibility index (Phi) is 3.57. The number of carbonyl (C=O) groups is 2. The molecule has 4 heteroatoms. The number of carboxylic acid groups (broad SMARTS) is 1. The second-order valence-electron chi connectivity index (χ2n) is 5.13. The van der Waals surface area contributed by atoms with Crippen molar-refractivity contribution < 1.29 is 14.7 Å². The molecule has 0 bridgehead atoms. The first-order valence-electron chi connectivity index (χ1n) is 6.68. The van der Waals surface area contributed by atoms with Gasteiger partial charge in [-0.25, -0.2) is 0 Å². The van der Waals surface area contributed by atoms with Crippen LogP contribution in [0.3, 0.4) is 0 Å². The van der Waals surface area contributed by atoms with Crippen molar-refractivity contribution >= 4 is 34.3 Å². The first-order valence-corrected chi connectivity index (χ1v) is 7.76. The molecule has 0 aliphatic heterocycles.